The van der Waals surface area contributed by atoms with Crippen molar-refractivity contribution in [3.05, 3.63) is 52.6 Å². The van der Waals surface area contributed by atoms with E-state index in [0.717, 1.165) is 41.0 Å². The van der Waals surface area contributed by atoms with Gasteiger partial charge in [-0.05, 0) is 68.2 Å². The van der Waals surface area contributed by atoms with E-state index in [1.54, 1.807) is 26.0 Å². The Morgan fingerprint density at radius 3 is 2.28 bits per heavy atom. The predicted molar refractivity (Wildman–Crippen MR) is 132 cm³/mol. The van der Waals surface area contributed by atoms with Gasteiger partial charge in [-0.2, -0.15) is 11.8 Å². The molecule has 2 amide bonds. The van der Waals surface area contributed by atoms with Crippen molar-refractivity contribution in [1.82, 2.24) is 5.32 Å². The molecule has 0 unspecified atom stereocenters. The molecule has 174 valence electrons. The number of thioether (sulfide) groups is 1. The largest absolute Gasteiger partial charge is 0.493 e. The van der Waals surface area contributed by atoms with Gasteiger partial charge in [0.15, 0.2) is 11.5 Å². The van der Waals surface area contributed by atoms with Crippen LogP contribution in [0.15, 0.2) is 30.3 Å². The molecule has 0 saturated carbocycles. The summed E-state index contributed by atoms with van der Waals surface area (Å²) in [7, 11) is 3.21. The van der Waals surface area contributed by atoms with Crippen molar-refractivity contribution in [3.8, 4) is 11.5 Å². The Kier molecular flexibility index (Phi) is 10.4. The zero-order chi connectivity index (χ0) is 23.5. The second-order valence-electron chi connectivity index (χ2n) is 7.77. The van der Waals surface area contributed by atoms with Crippen LogP contribution in [0.4, 0.5) is 5.69 Å². The van der Waals surface area contributed by atoms with E-state index in [-0.39, 0.29) is 11.8 Å². The molecule has 0 aliphatic carbocycles. The van der Waals surface area contributed by atoms with Crippen LogP contribution in [-0.2, 0) is 16.0 Å². The number of carbonyl (C=O) groups is 2. The Balaban J connectivity index is 1.61. The van der Waals surface area contributed by atoms with Crippen molar-refractivity contribution in [1.29, 1.82) is 0 Å². The molecule has 0 spiro atoms. The van der Waals surface area contributed by atoms with Crippen LogP contribution >= 0.6 is 11.8 Å². The van der Waals surface area contributed by atoms with Crippen molar-refractivity contribution in [2.75, 3.05) is 37.6 Å². The van der Waals surface area contributed by atoms with E-state index in [9.17, 15) is 9.59 Å². The highest BCUT2D eigenvalue weighted by Crippen LogP contribution is 2.27. The number of nitrogens with one attached hydrogen (secondary N) is 2. The molecule has 2 rings (SSSR count). The number of hydrogen-bond donors (Lipinski definition) is 2. The summed E-state index contributed by atoms with van der Waals surface area (Å²) in [6, 6.07) is 9.89. The summed E-state index contributed by atoms with van der Waals surface area (Å²) in [5, 5.41) is 5.96. The van der Waals surface area contributed by atoms with Crippen LogP contribution in [0.3, 0.4) is 0 Å². The van der Waals surface area contributed by atoms with Gasteiger partial charge in [-0.3, -0.25) is 9.59 Å². The van der Waals surface area contributed by atoms with E-state index in [4.69, 9.17) is 9.47 Å². The number of aryl methyl sites for hydroxylation is 3. The average Bonchev–Trinajstić information content (AvgIpc) is 2.75. The number of carbonyl (C=O) groups excluding carboxylic acids is 2. The van der Waals surface area contributed by atoms with Crippen LogP contribution in [0.25, 0.3) is 0 Å². The van der Waals surface area contributed by atoms with Crippen LogP contribution in [0.5, 0.6) is 11.5 Å². The van der Waals surface area contributed by atoms with Crippen molar-refractivity contribution >= 4 is 29.3 Å². The summed E-state index contributed by atoms with van der Waals surface area (Å²) in [5.74, 6) is 2.55. The normalized spacial score (nSPS) is 10.5. The molecular weight excluding hydrogens is 424 g/mol. The monoisotopic (exact) mass is 458 g/mol. The standard InChI is InChI=1S/C25H34N2O4S/c1-17-13-18(2)25(19(3)14-17)27-23(28)7-6-12-32-16-24(29)26-11-10-20-8-9-21(30-4)22(15-20)31-5/h8-9,13-15H,6-7,10-12,16H2,1-5H3,(H,26,29)(H,27,28). The summed E-state index contributed by atoms with van der Waals surface area (Å²) < 4.78 is 10.5. The number of anilines is 1. The van der Waals surface area contributed by atoms with Crippen LogP contribution in [-0.4, -0.2) is 44.1 Å². The smallest absolute Gasteiger partial charge is 0.230 e. The summed E-state index contributed by atoms with van der Waals surface area (Å²) in [5.41, 5.74) is 5.32. The minimum atomic E-state index is 0.00540. The van der Waals surface area contributed by atoms with E-state index in [1.807, 2.05) is 32.0 Å². The van der Waals surface area contributed by atoms with Gasteiger partial charge in [-0.1, -0.05) is 23.8 Å². The van der Waals surface area contributed by atoms with Crippen molar-refractivity contribution < 1.29 is 19.1 Å². The topological polar surface area (TPSA) is 76.7 Å². The van der Waals surface area contributed by atoms with Crippen molar-refractivity contribution in [2.45, 2.75) is 40.0 Å². The fourth-order valence-electron chi connectivity index (χ4n) is 3.51. The van der Waals surface area contributed by atoms with Crippen molar-refractivity contribution in [2.24, 2.45) is 0 Å². The lowest BCUT2D eigenvalue weighted by Gasteiger charge is -2.12. The van der Waals surface area contributed by atoms with Crippen LogP contribution < -0.4 is 20.1 Å². The van der Waals surface area contributed by atoms with Gasteiger partial charge in [0.25, 0.3) is 0 Å². The molecule has 0 atom stereocenters. The summed E-state index contributed by atoms with van der Waals surface area (Å²) in [6.45, 7) is 6.63. The molecule has 0 saturated heterocycles. The third-order valence-electron chi connectivity index (χ3n) is 5.05. The molecule has 0 bridgehead atoms. The third-order valence-corrected chi connectivity index (χ3v) is 6.09. The predicted octanol–water partition coefficient (Wildman–Crippen LogP) is 4.44. The molecular formula is C25H34N2O4S. The lowest BCUT2D eigenvalue weighted by Crippen LogP contribution is -2.27. The van der Waals surface area contributed by atoms with E-state index in [1.165, 1.54) is 5.56 Å². The number of rotatable bonds is 12. The zero-order valence-electron chi connectivity index (χ0n) is 19.7. The molecule has 6 nitrogen and oxygen atoms in total. The maximum Gasteiger partial charge on any atom is 0.230 e. The molecule has 2 aromatic rings. The van der Waals surface area contributed by atoms with Gasteiger partial charge in [-0.25, -0.2) is 0 Å². The van der Waals surface area contributed by atoms with Gasteiger partial charge in [0.2, 0.25) is 11.8 Å². The van der Waals surface area contributed by atoms with Crippen LogP contribution in [0, 0.1) is 20.8 Å². The number of amides is 2. The highest BCUT2D eigenvalue weighted by Gasteiger charge is 2.09. The highest BCUT2D eigenvalue weighted by atomic mass is 32.2. The number of benzene rings is 2. The Hall–Kier alpha value is -2.67. The maximum atomic E-state index is 12.2. The van der Waals surface area contributed by atoms with Gasteiger partial charge in [-0.15, -0.1) is 0 Å². The first-order valence-corrected chi connectivity index (χ1v) is 11.9. The van der Waals surface area contributed by atoms with E-state index in [2.05, 4.69) is 29.7 Å². The van der Waals surface area contributed by atoms with Gasteiger partial charge < -0.3 is 20.1 Å². The average molecular weight is 459 g/mol. The fraction of sp³-hybridized carbons (Fsp3) is 0.440. The zero-order valence-corrected chi connectivity index (χ0v) is 20.5. The van der Waals surface area contributed by atoms with Gasteiger partial charge in [0.1, 0.15) is 0 Å². The molecule has 0 aliphatic heterocycles. The minimum Gasteiger partial charge on any atom is -0.493 e. The first kappa shape index (κ1) is 25.6. The van der Waals surface area contributed by atoms with Crippen molar-refractivity contribution in [3.63, 3.8) is 0 Å². The molecule has 0 radical (unpaired) electrons. The van der Waals surface area contributed by atoms with Crippen LogP contribution in [0.1, 0.15) is 35.1 Å². The first-order chi connectivity index (χ1) is 15.3. The van der Waals surface area contributed by atoms with Gasteiger partial charge in [0, 0.05) is 18.7 Å². The van der Waals surface area contributed by atoms with E-state index < -0.39 is 0 Å². The lowest BCUT2D eigenvalue weighted by molar-refractivity contribution is -0.118. The Bertz CT molecular complexity index is 907. The molecule has 2 aromatic carbocycles. The Morgan fingerprint density at radius 1 is 0.938 bits per heavy atom. The van der Waals surface area contributed by atoms with E-state index >= 15 is 0 Å². The van der Waals surface area contributed by atoms with Gasteiger partial charge in [0.05, 0.1) is 20.0 Å². The van der Waals surface area contributed by atoms with E-state index in [0.29, 0.717) is 30.2 Å². The fourth-order valence-corrected chi connectivity index (χ4v) is 4.29. The lowest BCUT2D eigenvalue weighted by atomic mass is 10.0. The summed E-state index contributed by atoms with van der Waals surface area (Å²) in [4.78, 5) is 24.3. The Labute approximate surface area is 195 Å². The quantitative estimate of drug-likeness (QED) is 0.460. The Morgan fingerprint density at radius 2 is 1.62 bits per heavy atom. The molecule has 0 aliphatic rings. The van der Waals surface area contributed by atoms with Gasteiger partial charge >= 0.3 is 0 Å². The highest BCUT2D eigenvalue weighted by molar-refractivity contribution is 7.99. The second-order valence-corrected chi connectivity index (χ2v) is 8.87. The molecule has 0 fully saturated rings. The summed E-state index contributed by atoms with van der Waals surface area (Å²) >= 11 is 1.55. The molecule has 32 heavy (non-hydrogen) atoms. The molecule has 0 aromatic heterocycles. The molecule has 2 N–H and O–H groups in total. The minimum absolute atomic E-state index is 0.00540. The molecule has 0 heterocycles. The number of ether oxygens (including phenoxy) is 2. The first-order valence-electron chi connectivity index (χ1n) is 10.8. The molecule has 7 heteroatoms. The van der Waals surface area contributed by atoms with Crippen LogP contribution in [0.2, 0.25) is 0 Å². The number of hydrogen-bond acceptors (Lipinski definition) is 5. The SMILES string of the molecule is COc1ccc(CCNC(=O)CSCCCC(=O)Nc2c(C)cc(C)cc2C)cc1OC. The second kappa shape index (κ2) is 13.0. The maximum absolute atomic E-state index is 12.2. The number of methoxy groups -OCH3 is 2. The summed E-state index contributed by atoms with van der Waals surface area (Å²) in [6.07, 6.45) is 1.90. The third kappa shape index (κ3) is 8.11.